The number of nitrogens with zero attached hydrogens (tertiary/aromatic N) is 2. The fourth-order valence-corrected chi connectivity index (χ4v) is 7.03. The second kappa shape index (κ2) is 9.49. The van der Waals surface area contributed by atoms with Crippen molar-refractivity contribution in [3.8, 4) is 0 Å². The number of carbonyl (C=O) groups is 3. The Bertz CT molecular complexity index is 1850. The fourth-order valence-electron chi connectivity index (χ4n) is 6.90. The van der Waals surface area contributed by atoms with E-state index < -0.39 is 39.9 Å². The van der Waals surface area contributed by atoms with Crippen LogP contribution in [0.5, 0.6) is 0 Å². The number of halogens is 1. The Labute approximate surface area is 245 Å². The number of nitrogens with one attached hydrogen (secondary N) is 1. The number of anilines is 1. The van der Waals surface area contributed by atoms with Crippen molar-refractivity contribution < 1.29 is 19.3 Å². The molecule has 0 radical (unpaired) electrons. The van der Waals surface area contributed by atoms with Crippen LogP contribution in [0, 0.1) is 16.0 Å². The van der Waals surface area contributed by atoms with Gasteiger partial charge in [-0.15, -0.1) is 0 Å². The maximum Gasteiger partial charge on any atom is 0.270 e. The van der Waals surface area contributed by atoms with Crippen molar-refractivity contribution in [3.63, 3.8) is 0 Å². The molecule has 0 aliphatic carbocycles. The highest BCUT2D eigenvalue weighted by atomic mass is 35.5. The van der Waals surface area contributed by atoms with Gasteiger partial charge in [-0.25, -0.2) is 0 Å². The Hall–Kier alpha value is -5.08. The summed E-state index contributed by atoms with van der Waals surface area (Å²) < 4.78 is 0. The lowest BCUT2D eigenvalue weighted by molar-refractivity contribution is -0.384. The van der Waals surface area contributed by atoms with Gasteiger partial charge in [-0.05, 0) is 53.1 Å². The van der Waals surface area contributed by atoms with Gasteiger partial charge in [0.15, 0.2) is 11.6 Å². The van der Waals surface area contributed by atoms with Gasteiger partial charge in [-0.1, -0.05) is 66.2 Å². The summed E-state index contributed by atoms with van der Waals surface area (Å²) in [6, 6.07) is 24.8. The molecule has 8 nitrogen and oxygen atoms in total. The summed E-state index contributed by atoms with van der Waals surface area (Å²) in [7, 11) is 0. The molecule has 1 spiro atoms. The van der Waals surface area contributed by atoms with E-state index in [0.717, 1.165) is 11.1 Å². The minimum Gasteiger partial charge on any atom is -0.358 e. The standard InChI is InChI=1S/C33H22ClN3O5/c34-22-14-12-20(13-15-22)29(38)27-28(30(39)21-7-5-8-23(18-21)37(41)42)36-17-16-19-6-1-2-9-24(19)31(36)33(27)25-10-3-4-11-26(25)35-32(33)40/h1-18,27-28,31H,(H,35,40). The van der Waals surface area contributed by atoms with Crippen LogP contribution < -0.4 is 5.32 Å². The van der Waals surface area contributed by atoms with Gasteiger partial charge in [-0.3, -0.25) is 24.5 Å². The molecule has 1 saturated heterocycles. The first-order valence-corrected chi connectivity index (χ1v) is 13.7. The smallest absolute Gasteiger partial charge is 0.270 e. The average Bonchev–Trinajstić information content (AvgIpc) is 3.49. The number of rotatable bonds is 5. The molecule has 4 aromatic rings. The molecule has 1 N–H and O–H groups in total. The Balaban J connectivity index is 1.53. The third-order valence-electron chi connectivity index (χ3n) is 8.59. The number of amides is 1. The topological polar surface area (TPSA) is 110 Å². The van der Waals surface area contributed by atoms with Crippen molar-refractivity contribution in [1.29, 1.82) is 0 Å². The number of non-ortho nitro benzene ring substituents is 1. The zero-order chi connectivity index (χ0) is 29.2. The van der Waals surface area contributed by atoms with E-state index in [9.17, 15) is 24.5 Å². The molecule has 4 aromatic carbocycles. The van der Waals surface area contributed by atoms with Gasteiger partial charge >= 0.3 is 0 Å². The Morgan fingerprint density at radius 3 is 2.40 bits per heavy atom. The van der Waals surface area contributed by atoms with E-state index >= 15 is 0 Å². The van der Waals surface area contributed by atoms with Gasteiger partial charge in [0.05, 0.1) is 16.9 Å². The highest BCUT2D eigenvalue weighted by Crippen LogP contribution is 2.62. The molecule has 1 fully saturated rings. The van der Waals surface area contributed by atoms with Gasteiger partial charge < -0.3 is 10.2 Å². The van der Waals surface area contributed by atoms with Crippen LogP contribution in [-0.2, 0) is 10.2 Å². The third-order valence-corrected chi connectivity index (χ3v) is 8.84. The second-order valence-corrected chi connectivity index (χ2v) is 11.1. The van der Waals surface area contributed by atoms with Crippen LogP contribution >= 0.6 is 11.6 Å². The van der Waals surface area contributed by atoms with Gasteiger partial charge in [0.2, 0.25) is 5.91 Å². The van der Waals surface area contributed by atoms with Crippen LogP contribution in [0.25, 0.3) is 6.08 Å². The third kappa shape index (κ3) is 3.58. The molecular weight excluding hydrogens is 554 g/mol. The van der Waals surface area contributed by atoms with Crippen LogP contribution in [0.3, 0.4) is 0 Å². The Morgan fingerprint density at radius 2 is 1.62 bits per heavy atom. The number of carbonyl (C=O) groups excluding carboxylic acids is 3. The highest BCUT2D eigenvalue weighted by Gasteiger charge is 2.70. The van der Waals surface area contributed by atoms with Crippen LogP contribution in [0.15, 0.2) is 103 Å². The summed E-state index contributed by atoms with van der Waals surface area (Å²) in [5, 5.41) is 15.0. The molecular formula is C33H22ClN3O5. The SMILES string of the molecule is O=C(c1cccc([N+](=O)[O-])c1)C1C(C(=O)c2ccc(Cl)cc2)C2(C(=O)Nc3ccccc32)C2c3ccccc3C=CN12. The predicted octanol–water partition coefficient (Wildman–Crippen LogP) is 6.23. The summed E-state index contributed by atoms with van der Waals surface area (Å²) in [6.45, 7) is 0. The summed E-state index contributed by atoms with van der Waals surface area (Å²) in [4.78, 5) is 56.5. The number of nitro benzene ring substituents is 1. The van der Waals surface area contributed by atoms with E-state index in [1.54, 1.807) is 47.5 Å². The van der Waals surface area contributed by atoms with Gasteiger partial charge in [-0.2, -0.15) is 0 Å². The van der Waals surface area contributed by atoms with E-state index in [4.69, 9.17) is 11.6 Å². The van der Waals surface area contributed by atoms with Crippen LogP contribution in [0.1, 0.15) is 43.4 Å². The molecule has 0 bridgehead atoms. The predicted molar refractivity (Wildman–Crippen MR) is 157 cm³/mol. The minimum atomic E-state index is -1.49. The molecule has 0 saturated carbocycles. The molecule has 3 aliphatic rings. The molecule has 1 amide bonds. The Morgan fingerprint density at radius 1 is 0.881 bits per heavy atom. The number of fused-ring (bicyclic) bond motifs is 6. The number of benzene rings is 4. The van der Waals surface area contributed by atoms with E-state index in [-0.39, 0.29) is 17.2 Å². The van der Waals surface area contributed by atoms with Crippen molar-refractivity contribution in [1.82, 2.24) is 4.90 Å². The summed E-state index contributed by atoms with van der Waals surface area (Å²) in [6.07, 6.45) is 3.62. The first kappa shape index (κ1) is 25.9. The zero-order valence-corrected chi connectivity index (χ0v) is 22.7. The van der Waals surface area contributed by atoms with Gasteiger partial charge in [0.25, 0.3) is 5.69 Å². The largest absolute Gasteiger partial charge is 0.358 e. The van der Waals surface area contributed by atoms with Crippen LogP contribution in [0.4, 0.5) is 11.4 Å². The number of Topliss-reactive ketones (excluding diaryl/α,β-unsaturated/α-hetero) is 2. The Kier molecular flexibility index (Phi) is 5.85. The zero-order valence-electron chi connectivity index (χ0n) is 21.9. The molecule has 3 heterocycles. The van der Waals surface area contributed by atoms with Crippen molar-refractivity contribution in [2.24, 2.45) is 5.92 Å². The average molecular weight is 576 g/mol. The van der Waals surface area contributed by atoms with Gasteiger partial charge in [0, 0.05) is 40.2 Å². The summed E-state index contributed by atoms with van der Waals surface area (Å²) in [5.74, 6) is -2.46. The summed E-state index contributed by atoms with van der Waals surface area (Å²) in [5.41, 5.74) is 1.52. The molecule has 4 unspecified atom stereocenters. The van der Waals surface area contributed by atoms with Crippen molar-refractivity contribution in [3.05, 3.63) is 146 Å². The minimum absolute atomic E-state index is 0.0813. The number of para-hydroxylation sites is 1. The highest BCUT2D eigenvalue weighted by molar-refractivity contribution is 6.30. The van der Waals surface area contributed by atoms with Crippen LogP contribution in [-0.4, -0.2) is 33.3 Å². The van der Waals surface area contributed by atoms with Gasteiger partial charge in [0.1, 0.15) is 11.5 Å². The van der Waals surface area contributed by atoms with Crippen molar-refractivity contribution in [2.45, 2.75) is 17.5 Å². The summed E-state index contributed by atoms with van der Waals surface area (Å²) >= 11 is 6.14. The lowest BCUT2D eigenvalue weighted by atomic mass is 9.62. The maximum absolute atomic E-state index is 14.7. The molecule has 0 aromatic heterocycles. The molecule has 206 valence electrons. The normalized spacial score (nSPS) is 23.2. The number of hydrogen-bond acceptors (Lipinski definition) is 6. The monoisotopic (exact) mass is 575 g/mol. The first-order valence-electron chi connectivity index (χ1n) is 13.4. The quantitative estimate of drug-likeness (QED) is 0.172. The molecule has 9 heteroatoms. The maximum atomic E-state index is 14.7. The molecule has 42 heavy (non-hydrogen) atoms. The van der Waals surface area contributed by atoms with Crippen LogP contribution in [0.2, 0.25) is 5.02 Å². The van der Waals surface area contributed by atoms with E-state index in [2.05, 4.69) is 5.32 Å². The van der Waals surface area contributed by atoms with E-state index in [1.807, 2.05) is 42.5 Å². The van der Waals surface area contributed by atoms with E-state index in [1.165, 1.54) is 24.3 Å². The number of nitro groups is 1. The lowest BCUT2D eigenvalue weighted by Gasteiger charge is -2.38. The number of hydrogen-bond donors (Lipinski definition) is 1. The van der Waals surface area contributed by atoms with Crippen molar-refractivity contribution >= 4 is 46.5 Å². The molecule has 4 atom stereocenters. The number of ketones is 2. The molecule has 7 rings (SSSR count). The fraction of sp³-hybridized carbons (Fsp3) is 0.121. The van der Waals surface area contributed by atoms with Crippen molar-refractivity contribution in [2.75, 3.05) is 5.32 Å². The lowest BCUT2D eigenvalue weighted by Crippen LogP contribution is -2.49. The van der Waals surface area contributed by atoms with E-state index in [0.29, 0.717) is 21.8 Å². The second-order valence-electron chi connectivity index (χ2n) is 10.6. The molecule has 3 aliphatic heterocycles. The first-order chi connectivity index (χ1) is 20.3.